The molecule has 0 radical (unpaired) electrons. The maximum Gasteiger partial charge on any atom is 0.104 e. The molecule has 0 spiro atoms. The number of piperidine rings is 1. The van der Waals surface area contributed by atoms with Crippen molar-refractivity contribution in [3.63, 3.8) is 0 Å². The van der Waals surface area contributed by atoms with Crippen LogP contribution in [0.2, 0.25) is 0 Å². The van der Waals surface area contributed by atoms with E-state index >= 15 is 0 Å². The van der Waals surface area contributed by atoms with Gasteiger partial charge in [-0.3, -0.25) is 0 Å². The van der Waals surface area contributed by atoms with Gasteiger partial charge in [0.25, 0.3) is 0 Å². The zero-order valence-corrected chi connectivity index (χ0v) is 8.74. The molecule has 1 heterocycles. The molecule has 0 aromatic heterocycles. The number of hydrogen-bond acceptors (Lipinski definition) is 3. The normalized spacial score (nSPS) is 16.1. The summed E-state index contributed by atoms with van der Waals surface area (Å²) in [7, 11) is 0. The van der Waals surface area contributed by atoms with Gasteiger partial charge in [0, 0.05) is 13.1 Å². The molecule has 0 saturated carbocycles. The third-order valence-corrected chi connectivity index (χ3v) is 2.88. The van der Waals surface area contributed by atoms with E-state index in [0.29, 0.717) is 11.3 Å². The average molecular weight is 201 g/mol. The number of anilines is 2. The highest BCUT2D eigenvalue weighted by atomic mass is 15.1. The smallest absolute Gasteiger partial charge is 0.104 e. The standard InChI is InChI=1S/C12H15N3/c13-9-10-11(14)5-4-6-12(10)15-7-2-1-3-8-15/h4-6H,1-3,7-8,14H2. The first-order valence-corrected chi connectivity index (χ1v) is 5.36. The highest BCUT2D eigenvalue weighted by molar-refractivity contribution is 5.70. The first kappa shape index (κ1) is 9.85. The fourth-order valence-electron chi connectivity index (χ4n) is 2.08. The molecule has 1 aliphatic heterocycles. The maximum absolute atomic E-state index is 9.07. The van der Waals surface area contributed by atoms with Crippen LogP contribution < -0.4 is 10.6 Å². The van der Waals surface area contributed by atoms with E-state index in [1.54, 1.807) is 6.07 Å². The van der Waals surface area contributed by atoms with Crippen molar-refractivity contribution in [2.45, 2.75) is 19.3 Å². The molecule has 1 aromatic carbocycles. The second-order valence-electron chi connectivity index (χ2n) is 3.90. The van der Waals surface area contributed by atoms with Crippen LogP contribution in [-0.2, 0) is 0 Å². The van der Waals surface area contributed by atoms with Gasteiger partial charge in [-0.1, -0.05) is 6.07 Å². The highest BCUT2D eigenvalue weighted by Crippen LogP contribution is 2.27. The van der Waals surface area contributed by atoms with Crippen molar-refractivity contribution in [1.29, 1.82) is 5.26 Å². The summed E-state index contributed by atoms with van der Waals surface area (Å²) in [5.41, 5.74) is 8.00. The van der Waals surface area contributed by atoms with Gasteiger partial charge in [-0.15, -0.1) is 0 Å². The lowest BCUT2D eigenvalue weighted by molar-refractivity contribution is 0.577. The van der Waals surface area contributed by atoms with Gasteiger partial charge < -0.3 is 10.6 Å². The number of nitrogen functional groups attached to an aromatic ring is 1. The maximum atomic E-state index is 9.07. The van der Waals surface area contributed by atoms with E-state index in [0.717, 1.165) is 18.8 Å². The molecule has 0 aliphatic carbocycles. The Kier molecular flexibility index (Phi) is 2.77. The molecule has 2 rings (SSSR count). The van der Waals surface area contributed by atoms with Gasteiger partial charge in [0.05, 0.1) is 16.9 Å². The van der Waals surface area contributed by atoms with E-state index in [9.17, 15) is 0 Å². The minimum atomic E-state index is 0.584. The van der Waals surface area contributed by atoms with E-state index in [-0.39, 0.29) is 0 Å². The Labute approximate surface area is 90.1 Å². The van der Waals surface area contributed by atoms with Crippen LogP contribution in [0.15, 0.2) is 18.2 Å². The number of nitrogens with zero attached hydrogens (tertiary/aromatic N) is 2. The molecule has 1 aromatic rings. The lowest BCUT2D eigenvalue weighted by Gasteiger charge is -2.29. The Morgan fingerprint density at radius 3 is 2.60 bits per heavy atom. The largest absolute Gasteiger partial charge is 0.398 e. The fourth-order valence-corrected chi connectivity index (χ4v) is 2.08. The van der Waals surface area contributed by atoms with Gasteiger partial charge in [0.15, 0.2) is 0 Å². The molecule has 15 heavy (non-hydrogen) atoms. The Bertz CT molecular complexity index is 386. The molecular weight excluding hydrogens is 186 g/mol. The summed E-state index contributed by atoms with van der Waals surface area (Å²) in [6, 6.07) is 7.88. The molecule has 1 aliphatic rings. The van der Waals surface area contributed by atoms with E-state index in [2.05, 4.69) is 11.0 Å². The lowest BCUT2D eigenvalue weighted by Crippen LogP contribution is -2.30. The number of benzene rings is 1. The van der Waals surface area contributed by atoms with Crippen LogP contribution in [0.25, 0.3) is 0 Å². The lowest BCUT2D eigenvalue weighted by atomic mass is 10.1. The molecule has 1 fully saturated rings. The van der Waals surface area contributed by atoms with Gasteiger partial charge in [0.1, 0.15) is 6.07 Å². The summed E-state index contributed by atoms with van der Waals surface area (Å²) >= 11 is 0. The summed E-state index contributed by atoms with van der Waals surface area (Å²) in [5, 5.41) is 9.07. The van der Waals surface area contributed by atoms with Crippen LogP contribution in [0, 0.1) is 11.3 Å². The van der Waals surface area contributed by atoms with Crippen molar-refractivity contribution in [3.05, 3.63) is 23.8 Å². The third kappa shape index (κ3) is 1.89. The predicted octanol–water partition coefficient (Wildman–Crippen LogP) is 2.13. The van der Waals surface area contributed by atoms with Crippen LogP contribution in [0.3, 0.4) is 0 Å². The molecule has 0 bridgehead atoms. The number of rotatable bonds is 1. The van der Waals surface area contributed by atoms with Crippen molar-refractivity contribution in [2.75, 3.05) is 23.7 Å². The van der Waals surface area contributed by atoms with Gasteiger partial charge in [0.2, 0.25) is 0 Å². The van der Waals surface area contributed by atoms with Gasteiger partial charge in [-0.05, 0) is 31.4 Å². The summed E-state index contributed by atoms with van der Waals surface area (Å²) in [6.07, 6.45) is 3.71. The SMILES string of the molecule is N#Cc1c(N)cccc1N1CCCCC1. The Morgan fingerprint density at radius 2 is 1.93 bits per heavy atom. The van der Waals surface area contributed by atoms with Gasteiger partial charge in [-0.25, -0.2) is 0 Å². The molecule has 2 N–H and O–H groups in total. The summed E-state index contributed by atoms with van der Waals surface area (Å²) in [6.45, 7) is 2.08. The molecule has 78 valence electrons. The minimum Gasteiger partial charge on any atom is -0.398 e. The zero-order chi connectivity index (χ0) is 10.7. The number of nitrogens with two attached hydrogens (primary N) is 1. The fraction of sp³-hybridized carbons (Fsp3) is 0.417. The second kappa shape index (κ2) is 4.22. The molecule has 1 saturated heterocycles. The van der Waals surface area contributed by atoms with Crippen molar-refractivity contribution in [2.24, 2.45) is 0 Å². The molecule has 0 atom stereocenters. The van der Waals surface area contributed by atoms with Crippen molar-refractivity contribution in [1.82, 2.24) is 0 Å². The van der Waals surface area contributed by atoms with Crippen molar-refractivity contribution in [3.8, 4) is 6.07 Å². The molecular formula is C12H15N3. The molecule has 3 heteroatoms. The quantitative estimate of drug-likeness (QED) is 0.708. The third-order valence-electron chi connectivity index (χ3n) is 2.88. The molecule has 3 nitrogen and oxygen atoms in total. The number of hydrogen-bond donors (Lipinski definition) is 1. The van der Waals surface area contributed by atoms with Gasteiger partial charge >= 0.3 is 0 Å². The van der Waals surface area contributed by atoms with E-state index in [4.69, 9.17) is 11.0 Å². The predicted molar refractivity (Wildman–Crippen MR) is 61.6 cm³/mol. The van der Waals surface area contributed by atoms with Crippen molar-refractivity contribution < 1.29 is 0 Å². The van der Waals surface area contributed by atoms with Gasteiger partial charge in [-0.2, -0.15) is 5.26 Å². The summed E-state index contributed by atoms with van der Waals surface area (Å²) in [4.78, 5) is 2.26. The Balaban J connectivity index is 2.34. The number of nitriles is 1. The van der Waals surface area contributed by atoms with Crippen LogP contribution in [-0.4, -0.2) is 13.1 Å². The first-order chi connectivity index (χ1) is 7.33. The highest BCUT2D eigenvalue weighted by Gasteiger charge is 2.15. The van der Waals surface area contributed by atoms with Crippen LogP contribution in [0.5, 0.6) is 0 Å². The Morgan fingerprint density at radius 1 is 1.20 bits per heavy atom. The topological polar surface area (TPSA) is 53.1 Å². The van der Waals surface area contributed by atoms with E-state index in [1.807, 2.05) is 12.1 Å². The van der Waals surface area contributed by atoms with E-state index < -0.39 is 0 Å². The first-order valence-electron chi connectivity index (χ1n) is 5.36. The van der Waals surface area contributed by atoms with Crippen LogP contribution in [0.4, 0.5) is 11.4 Å². The summed E-state index contributed by atoms with van der Waals surface area (Å²) < 4.78 is 0. The van der Waals surface area contributed by atoms with Crippen LogP contribution >= 0.6 is 0 Å². The summed E-state index contributed by atoms with van der Waals surface area (Å²) in [5.74, 6) is 0. The Hall–Kier alpha value is -1.69. The van der Waals surface area contributed by atoms with E-state index in [1.165, 1.54) is 19.3 Å². The monoisotopic (exact) mass is 201 g/mol. The average Bonchev–Trinajstić information content (AvgIpc) is 2.30. The van der Waals surface area contributed by atoms with Crippen LogP contribution in [0.1, 0.15) is 24.8 Å². The molecule has 0 unspecified atom stereocenters. The molecule has 0 amide bonds. The second-order valence-corrected chi connectivity index (χ2v) is 3.90. The minimum absolute atomic E-state index is 0.584. The van der Waals surface area contributed by atoms with Crippen molar-refractivity contribution >= 4 is 11.4 Å². The zero-order valence-electron chi connectivity index (χ0n) is 8.74.